The van der Waals surface area contributed by atoms with E-state index in [-0.39, 0.29) is 41.5 Å². The first-order valence-electron chi connectivity index (χ1n) is 28.2. The van der Waals surface area contributed by atoms with Crippen LogP contribution in [0.4, 0.5) is 22.7 Å². The van der Waals surface area contributed by atoms with E-state index in [1.165, 1.54) is 50.6 Å². The zero-order valence-electron chi connectivity index (χ0n) is 48.3. The lowest BCUT2D eigenvalue weighted by Gasteiger charge is -2.26. The third-order valence-corrected chi connectivity index (χ3v) is 18.3. The topological polar surface area (TPSA) is 82.4 Å². The number of aliphatic hydroxyl groups is 3. The van der Waals surface area contributed by atoms with Crippen molar-refractivity contribution in [3.05, 3.63) is 230 Å². The fourth-order valence-corrected chi connectivity index (χ4v) is 13.6. The van der Waals surface area contributed by atoms with Gasteiger partial charge in [0.15, 0.2) is 24.5 Å². The summed E-state index contributed by atoms with van der Waals surface area (Å²) in [5, 5.41) is 31.0. The first kappa shape index (κ1) is 58.1. The minimum Gasteiger partial charge on any atom is -0.497 e. The van der Waals surface area contributed by atoms with Crippen LogP contribution in [-0.4, -0.2) is 82.4 Å². The zero-order valence-corrected chi connectivity index (χ0v) is 49.9. The molecule has 6 aliphatic rings. The first-order valence-corrected chi connectivity index (χ1v) is 28.9. The van der Waals surface area contributed by atoms with Gasteiger partial charge in [-0.05, 0) is 135 Å². The van der Waals surface area contributed by atoms with Gasteiger partial charge >= 0.3 is 0 Å². The smallest absolute Gasteiger partial charge is 0.210 e. The molecule has 2 aliphatic carbocycles. The number of allylic oxidation sites excluding steroid dienone is 16. The van der Waals surface area contributed by atoms with Crippen molar-refractivity contribution in [3.8, 4) is 5.75 Å². The predicted molar refractivity (Wildman–Crippen MR) is 334 cm³/mol. The highest BCUT2D eigenvalue weighted by molar-refractivity contribution is 6.33. The van der Waals surface area contributed by atoms with Crippen molar-refractivity contribution in [1.82, 2.24) is 0 Å². The maximum absolute atomic E-state index is 9.84. The molecule has 0 aromatic heterocycles. The lowest BCUT2D eigenvalue weighted by molar-refractivity contribution is -0.441. The van der Waals surface area contributed by atoms with Crippen LogP contribution < -0.4 is 14.5 Å². The summed E-state index contributed by atoms with van der Waals surface area (Å²) < 4.78 is 10.1. The molecular weight excluding hydrogens is 1030 g/mol. The van der Waals surface area contributed by atoms with Gasteiger partial charge in [0.1, 0.15) is 12.4 Å². The van der Waals surface area contributed by atoms with E-state index in [1.807, 2.05) is 30.4 Å². The summed E-state index contributed by atoms with van der Waals surface area (Å²) >= 11 is 14.0. The number of aliphatic hydroxyl groups excluding tert-OH is 3. The van der Waals surface area contributed by atoms with Crippen LogP contribution in [0.5, 0.6) is 5.75 Å². The molecule has 0 amide bonds. The Morgan fingerprint density at radius 1 is 0.562 bits per heavy atom. The van der Waals surface area contributed by atoms with Crippen LogP contribution in [0.2, 0.25) is 0 Å². The van der Waals surface area contributed by atoms with Crippen LogP contribution >= 0.6 is 23.2 Å². The second-order valence-corrected chi connectivity index (χ2v) is 24.3. The summed E-state index contributed by atoms with van der Waals surface area (Å²) in [7, 11) is 1.68. The van der Waals surface area contributed by atoms with Gasteiger partial charge in [0.05, 0.1) is 31.2 Å². The van der Waals surface area contributed by atoms with E-state index in [0.717, 1.165) is 99.6 Å². The van der Waals surface area contributed by atoms with Gasteiger partial charge in [-0.15, -0.1) is 6.58 Å². The zero-order chi connectivity index (χ0) is 57.3. The van der Waals surface area contributed by atoms with Crippen molar-refractivity contribution in [3.63, 3.8) is 0 Å². The van der Waals surface area contributed by atoms with Crippen molar-refractivity contribution in [1.29, 1.82) is 0 Å². The maximum Gasteiger partial charge on any atom is 0.210 e. The molecule has 416 valence electrons. The third-order valence-electron chi connectivity index (χ3n) is 17.3. The van der Waals surface area contributed by atoms with Gasteiger partial charge in [-0.1, -0.05) is 136 Å². The number of ether oxygens (including phenoxy) is 1. The molecule has 0 fully saturated rings. The second kappa shape index (κ2) is 23.5. The molecule has 4 heterocycles. The Hall–Kier alpha value is -6.52. The van der Waals surface area contributed by atoms with Crippen molar-refractivity contribution in [2.24, 2.45) is 0 Å². The summed E-state index contributed by atoms with van der Waals surface area (Å²) in [5.74, 6) is 0.821. The Balaban J connectivity index is 0.000000195. The lowest BCUT2D eigenvalue weighted by Crippen LogP contribution is -2.28. The highest BCUT2D eigenvalue weighted by Crippen LogP contribution is 2.50. The number of hydrogen-bond acceptors (Lipinski definition) is 6. The van der Waals surface area contributed by atoms with Gasteiger partial charge in [0.25, 0.3) is 0 Å². The fraction of sp³-hybridized carbons (Fsp3) is 0.343. The summed E-state index contributed by atoms with van der Waals surface area (Å²) in [4.78, 5) is 4.54. The molecule has 0 bridgehead atoms. The Morgan fingerprint density at radius 2 is 1.12 bits per heavy atom. The Kier molecular flexibility index (Phi) is 17.1. The molecule has 0 saturated heterocycles. The molecule has 8 nitrogen and oxygen atoms in total. The van der Waals surface area contributed by atoms with Crippen molar-refractivity contribution in [2.75, 3.05) is 56.3 Å². The van der Waals surface area contributed by atoms with E-state index in [1.54, 1.807) is 7.11 Å². The Morgan fingerprint density at radius 3 is 1.73 bits per heavy atom. The van der Waals surface area contributed by atoms with Crippen molar-refractivity contribution >= 4 is 57.4 Å². The van der Waals surface area contributed by atoms with E-state index >= 15 is 0 Å². The summed E-state index contributed by atoms with van der Waals surface area (Å²) in [6.45, 7) is 28.6. The number of benzene rings is 4. The quantitative estimate of drug-likeness (QED) is 0.0766. The number of halogens is 2. The number of rotatable bonds is 16. The molecule has 0 saturated carbocycles. The minimum atomic E-state index is -0.289. The third kappa shape index (κ3) is 10.5. The lowest BCUT2D eigenvalue weighted by atomic mass is 9.81. The van der Waals surface area contributed by atoms with Gasteiger partial charge in [-0.25, -0.2) is 0 Å². The van der Waals surface area contributed by atoms with E-state index < -0.39 is 0 Å². The molecule has 4 aromatic carbocycles. The van der Waals surface area contributed by atoms with Crippen LogP contribution in [0.1, 0.15) is 109 Å². The standard InChI is InChI=1S/C35H42ClN2O4.C35H38ClN2/c1-34(2)27-20-23(22-41)6-12-29(27)37(16-18-39)31(34)14-9-24-7-8-25(33(24)36)10-15-32-35(3,4)28-21-26(42-5)11-13-30(28)38(32)17-19-40;1-7-23-37-29-15-11-9-13-27(29)34(3,4)31(37)21-19-25-17-18-26(33(25)36)20-22-32-35(5,6)28-14-10-12-16-30(28)38(32)24-8-2/h6,9-15,20-21,39-41H,7-8,16-19,22H2,1-5H3;7-16,19-22H,1-2,17-18,23-24H2,3-6H3/q2*+1. The van der Waals surface area contributed by atoms with Gasteiger partial charge < -0.3 is 29.9 Å². The van der Waals surface area contributed by atoms with Crippen molar-refractivity contribution in [2.45, 2.75) is 109 Å². The number of hydrogen-bond donors (Lipinski definition) is 3. The molecule has 0 radical (unpaired) electrons. The number of methoxy groups -OCH3 is 1. The Bertz CT molecular complexity index is 3460. The number of anilines is 2. The molecule has 0 spiro atoms. The maximum atomic E-state index is 9.84. The van der Waals surface area contributed by atoms with E-state index in [0.29, 0.717) is 13.1 Å². The highest BCUT2D eigenvalue weighted by atomic mass is 35.5. The average molecular weight is 1110 g/mol. The molecule has 0 unspecified atom stereocenters. The molecule has 4 aromatic rings. The van der Waals surface area contributed by atoms with Crippen molar-refractivity contribution < 1.29 is 29.2 Å². The minimum absolute atomic E-state index is 0.00246. The molecule has 10 heteroatoms. The van der Waals surface area contributed by atoms with Crippen LogP contribution in [0.3, 0.4) is 0 Å². The number of nitrogens with zero attached hydrogens (tertiary/aromatic N) is 4. The van der Waals surface area contributed by atoms with Gasteiger partial charge in [0, 0.05) is 92.2 Å². The summed E-state index contributed by atoms with van der Waals surface area (Å²) in [5.41, 5.74) is 19.2. The van der Waals surface area contributed by atoms with Crippen LogP contribution in [-0.2, 0) is 28.3 Å². The van der Waals surface area contributed by atoms with E-state index in [4.69, 9.17) is 27.9 Å². The average Bonchev–Trinajstić information content (AvgIpc) is 4.28. The highest BCUT2D eigenvalue weighted by Gasteiger charge is 2.46. The van der Waals surface area contributed by atoms with Crippen LogP contribution in [0.25, 0.3) is 0 Å². The second-order valence-electron chi connectivity index (χ2n) is 23.6. The first-order chi connectivity index (χ1) is 38.3. The fourth-order valence-electron chi connectivity index (χ4n) is 13.0. The summed E-state index contributed by atoms with van der Waals surface area (Å²) in [6.07, 6.45) is 25.1. The normalized spacial score (nSPS) is 21.3. The SMILES string of the molecule is C=CCN1C(=CC=C2CCC(C=CC3=[N+](CC=C)c4ccccc4C3(C)C)=C2Cl)C(C)(C)c2ccccc21.COc1ccc2c(c1)C(C)(C)C(C=CC1=C(Cl)C(=CC=C3N(CCO)c4ccc(CO)cc4C3(C)C)CC1)=[N+]2CCO. The van der Waals surface area contributed by atoms with Crippen LogP contribution in [0, 0.1) is 0 Å². The number of fused-ring (bicyclic) bond motifs is 4. The molecular formula is C70H80Cl2N4O4+2. The molecule has 3 N–H and O–H groups in total. The number of β-amino-alcohol motifs (C(OH)–C–C–N with tert-alkyl or cyclic N) is 2. The van der Waals surface area contributed by atoms with Gasteiger partial charge in [0.2, 0.25) is 11.4 Å². The predicted octanol–water partition coefficient (Wildman–Crippen LogP) is 14.9. The summed E-state index contributed by atoms with van der Waals surface area (Å²) in [6, 6.07) is 29.5. The Labute approximate surface area is 485 Å². The van der Waals surface area contributed by atoms with Gasteiger partial charge in [-0.2, -0.15) is 9.15 Å². The molecule has 80 heavy (non-hydrogen) atoms. The van der Waals surface area contributed by atoms with E-state index in [2.05, 4.69) is 203 Å². The molecule has 10 rings (SSSR count). The van der Waals surface area contributed by atoms with Gasteiger partial charge in [-0.3, -0.25) is 0 Å². The van der Waals surface area contributed by atoms with E-state index in [9.17, 15) is 15.3 Å². The number of para-hydroxylation sites is 2. The van der Waals surface area contributed by atoms with Crippen LogP contribution in [0.15, 0.2) is 203 Å². The molecule has 4 aliphatic heterocycles. The monoisotopic (exact) mass is 1110 g/mol. The largest absolute Gasteiger partial charge is 0.497 e. The molecule has 0 atom stereocenters.